The Hall–Kier alpha value is -2.51. The van der Waals surface area contributed by atoms with Gasteiger partial charge in [0.25, 0.3) is 0 Å². The average Bonchev–Trinajstić information content (AvgIpc) is 2.77. The molecule has 1 heterocycles. The third kappa shape index (κ3) is 3.21. The quantitative estimate of drug-likeness (QED) is 0.837. The largest absolute Gasteiger partial charge is 0.480 e. The fourth-order valence-corrected chi connectivity index (χ4v) is 2.41. The summed E-state index contributed by atoms with van der Waals surface area (Å²) < 4.78 is 26.4. The molecule has 1 aromatic carbocycles. The Morgan fingerprint density at radius 1 is 1.32 bits per heavy atom. The van der Waals surface area contributed by atoms with Gasteiger partial charge in [-0.25, -0.2) is 8.78 Å². The number of amides is 2. The molecule has 0 radical (unpaired) electrons. The first-order valence-electron chi connectivity index (χ1n) is 6.54. The molecule has 1 aromatic rings. The molecule has 1 N–H and O–H groups in total. The Labute approximate surface area is 124 Å². The van der Waals surface area contributed by atoms with Gasteiger partial charge in [0.1, 0.15) is 24.1 Å². The smallest absolute Gasteiger partial charge is 0.323 e. The first kappa shape index (κ1) is 15.9. The number of benzene rings is 1. The number of hydrogen-bond acceptors (Lipinski definition) is 3. The van der Waals surface area contributed by atoms with E-state index in [1.165, 1.54) is 7.05 Å². The molecule has 6 nitrogen and oxygen atoms in total. The van der Waals surface area contributed by atoms with Gasteiger partial charge >= 0.3 is 5.97 Å². The molecule has 1 aliphatic heterocycles. The summed E-state index contributed by atoms with van der Waals surface area (Å²) in [5.74, 6) is -5.07. The number of carboxylic acid groups (broad SMARTS) is 1. The van der Waals surface area contributed by atoms with Gasteiger partial charge in [-0.2, -0.15) is 0 Å². The maximum Gasteiger partial charge on any atom is 0.323 e. The van der Waals surface area contributed by atoms with E-state index in [-0.39, 0.29) is 18.7 Å². The van der Waals surface area contributed by atoms with E-state index in [2.05, 4.69) is 0 Å². The summed E-state index contributed by atoms with van der Waals surface area (Å²) in [5, 5.41) is 8.66. The van der Waals surface area contributed by atoms with E-state index >= 15 is 0 Å². The van der Waals surface area contributed by atoms with Crippen LogP contribution in [0.1, 0.15) is 6.42 Å². The monoisotopic (exact) mass is 312 g/mol. The number of rotatable bonds is 4. The number of anilines is 1. The highest BCUT2D eigenvalue weighted by Gasteiger charge is 2.39. The minimum absolute atomic E-state index is 0.0405. The molecule has 22 heavy (non-hydrogen) atoms. The Morgan fingerprint density at radius 3 is 2.45 bits per heavy atom. The zero-order valence-corrected chi connectivity index (χ0v) is 11.8. The molecule has 1 atom stereocenters. The predicted molar refractivity (Wildman–Crippen MR) is 72.1 cm³/mol. The van der Waals surface area contributed by atoms with Gasteiger partial charge in [-0.3, -0.25) is 14.4 Å². The van der Waals surface area contributed by atoms with Crippen molar-refractivity contribution in [1.82, 2.24) is 4.90 Å². The van der Waals surface area contributed by atoms with Crippen LogP contribution in [0.25, 0.3) is 0 Å². The van der Waals surface area contributed by atoms with Crippen molar-refractivity contribution in [3.8, 4) is 0 Å². The molecule has 0 spiro atoms. The maximum absolute atomic E-state index is 13.2. The van der Waals surface area contributed by atoms with Crippen LogP contribution < -0.4 is 4.90 Å². The molecule has 0 aliphatic carbocycles. The Kier molecular flexibility index (Phi) is 4.39. The number of carbonyl (C=O) groups excluding carboxylic acids is 2. The SMILES string of the molecule is CN(CC(=O)O)C(=O)C1CCN(c2cc(F)cc(F)c2)C1=O. The van der Waals surface area contributed by atoms with Crippen molar-refractivity contribution in [3.63, 3.8) is 0 Å². The van der Waals surface area contributed by atoms with Crippen LogP contribution in [-0.4, -0.2) is 47.9 Å². The number of halogens is 2. The van der Waals surface area contributed by atoms with Gasteiger partial charge in [0.15, 0.2) is 0 Å². The van der Waals surface area contributed by atoms with E-state index in [0.717, 1.165) is 21.9 Å². The molecular formula is C14H14F2N2O4. The van der Waals surface area contributed by atoms with E-state index in [0.29, 0.717) is 6.07 Å². The predicted octanol–water partition coefficient (Wildman–Crippen LogP) is 0.861. The summed E-state index contributed by atoms with van der Waals surface area (Å²) in [6.07, 6.45) is 0.166. The maximum atomic E-state index is 13.2. The zero-order valence-electron chi connectivity index (χ0n) is 11.8. The van der Waals surface area contributed by atoms with Gasteiger partial charge < -0.3 is 14.9 Å². The van der Waals surface area contributed by atoms with Crippen LogP contribution in [-0.2, 0) is 14.4 Å². The fraction of sp³-hybridized carbons (Fsp3) is 0.357. The minimum atomic E-state index is -1.19. The van der Waals surface area contributed by atoms with E-state index in [4.69, 9.17) is 5.11 Å². The third-order valence-electron chi connectivity index (χ3n) is 3.41. The lowest BCUT2D eigenvalue weighted by molar-refractivity contribution is -0.146. The van der Waals surface area contributed by atoms with E-state index in [1.807, 2.05) is 0 Å². The van der Waals surface area contributed by atoms with Crippen molar-refractivity contribution in [1.29, 1.82) is 0 Å². The van der Waals surface area contributed by atoms with Gasteiger partial charge in [-0.1, -0.05) is 0 Å². The minimum Gasteiger partial charge on any atom is -0.480 e. The summed E-state index contributed by atoms with van der Waals surface area (Å²) in [7, 11) is 1.29. The van der Waals surface area contributed by atoms with Crippen LogP contribution in [0.15, 0.2) is 18.2 Å². The number of carboxylic acids is 1. The topological polar surface area (TPSA) is 77.9 Å². The highest BCUT2D eigenvalue weighted by molar-refractivity contribution is 6.09. The number of likely N-dealkylation sites (N-methyl/N-ethyl adjacent to an activating group) is 1. The zero-order chi connectivity index (χ0) is 16.4. The number of nitrogens with zero attached hydrogens (tertiary/aromatic N) is 2. The average molecular weight is 312 g/mol. The van der Waals surface area contributed by atoms with Gasteiger partial charge in [0.2, 0.25) is 11.8 Å². The molecule has 2 rings (SSSR count). The lowest BCUT2D eigenvalue weighted by Gasteiger charge is -2.20. The van der Waals surface area contributed by atoms with Gasteiger partial charge in [0, 0.05) is 25.3 Å². The summed E-state index contributed by atoms with van der Waals surface area (Å²) in [5.41, 5.74) is 0.0405. The molecule has 1 aliphatic rings. The van der Waals surface area contributed by atoms with Crippen molar-refractivity contribution in [3.05, 3.63) is 29.8 Å². The molecule has 0 aromatic heterocycles. The molecule has 1 fully saturated rings. The lowest BCUT2D eigenvalue weighted by atomic mass is 10.1. The number of carbonyl (C=O) groups is 3. The number of hydrogen-bond donors (Lipinski definition) is 1. The van der Waals surface area contributed by atoms with Gasteiger partial charge in [-0.05, 0) is 18.6 Å². The van der Waals surface area contributed by atoms with Crippen LogP contribution in [0.4, 0.5) is 14.5 Å². The normalized spacial score (nSPS) is 17.7. The highest BCUT2D eigenvalue weighted by Crippen LogP contribution is 2.27. The summed E-state index contributed by atoms with van der Waals surface area (Å²) in [6, 6.07) is 2.71. The fourth-order valence-electron chi connectivity index (χ4n) is 2.41. The number of aliphatic carboxylic acids is 1. The van der Waals surface area contributed by atoms with Gasteiger partial charge in [0.05, 0.1) is 0 Å². The van der Waals surface area contributed by atoms with Crippen LogP contribution in [0.5, 0.6) is 0 Å². The summed E-state index contributed by atoms with van der Waals surface area (Å²) >= 11 is 0. The molecule has 118 valence electrons. The molecule has 1 unspecified atom stereocenters. The second-order valence-corrected chi connectivity index (χ2v) is 5.05. The second-order valence-electron chi connectivity index (χ2n) is 5.05. The van der Waals surface area contributed by atoms with Crippen molar-refractivity contribution in [2.75, 3.05) is 25.0 Å². The summed E-state index contributed by atoms with van der Waals surface area (Å²) in [4.78, 5) is 37.0. The first-order valence-corrected chi connectivity index (χ1v) is 6.54. The highest BCUT2D eigenvalue weighted by atomic mass is 19.1. The third-order valence-corrected chi connectivity index (χ3v) is 3.41. The molecule has 1 saturated heterocycles. The van der Waals surface area contributed by atoms with Crippen molar-refractivity contribution in [2.24, 2.45) is 5.92 Å². The van der Waals surface area contributed by atoms with E-state index in [9.17, 15) is 23.2 Å². The molecule has 8 heteroatoms. The lowest BCUT2D eigenvalue weighted by Crippen LogP contribution is -2.40. The standard InChI is InChI=1S/C14H14F2N2O4/c1-17(7-12(19)20)13(21)11-2-3-18(14(11)22)10-5-8(15)4-9(16)6-10/h4-6,11H,2-3,7H2,1H3,(H,19,20). The van der Waals surface area contributed by atoms with Crippen molar-refractivity contribution < 1.29 is 28.3 Å². The Bertz CT molecular complexity index is 615. The molecule has 0 bridgehead atoms. The molecule has 0 saturated carbocycles. The van der Waals surface area contributed by atoms with Gasteiger partial charge in [-0.15, -0.1) is 0 Å². The second kappa shape index (κ2) is 6.08. The Balaban J connectivity index is 2.15. The van der Waals surface area contributed by atoms with Crippen LogP contribution >= 0.6 is 0 Å². The van der Waals surface area contributed by atoms with E-state index in [1.54, 1.807) is 0 Å². The molecular weight excluding hydrogens is 298 g/mol. The van der Waals surface area contributed by atoms with Crippen molar-refractivity contribution in [2.45, 2.75) is 6.42 Å². The Morgan fingerprint density at radius 2 is 1.91 bits per heavy atom. The van der Waals surface area contributed by atoms with Crippen molar-refractivity contribution >= 4 is 23.5 Å². The van der Waals surface area contributed by atoms with Crippen LogP contribution in [0.2, 0.25) is 0 Å². The summed E-state index contributed by atoms with van der Waals surface area (Å²) in [6.45, 7) is -0.379. The van der Waals surface area contributed by atoms with Crippen LogP contribution in [0.3, 0.4) is 0 Å². The molecule has 2 amide bonds. The van der Waals surface area contributed by atoms with Crippen LogP contribution in [0, 0.1) is 17.6 Å². The first-order chi connectivity index (χ1) is 10.3. The van der Waals surface area contributed by atoms with E-state index < -0.39 is 41.9 Å².